The number of aromatic carboxylic acids is 1. The summed E-state index contributed by atoms with van der Waals surface area (Å²) in [5, 5.41) is 10.1. The van der Waals surface area contributed by atoms with Crippen molar-refractivity contribution in [2.45, 2.75) is 6.42 Å². The van der Waals surface area contributed by atoms with Gasteiger partial charge in [0.1, 0.15) is 5.75 Å². The minimum Gasteiger partial charge on any atom is -0.545 e. The van der Waals surface area contributed by atoms with Gasteiger partial charge < -0.3 is 20.4 Å². The average Bonchev–Trinajstić information content (AvgIpc) is 2.49. The van der Waals surface area contributed by atoms with Crippen LogP contribution in [-0.2, 0) is 6.42 Å². The number of rotatable bonds is 4. The predicted octanol–water partition coefficient (Wildman–Crippen LogP) is 1.74. The molecule has 0 radical (unpaired) electrons. The van der Waals surface area contributed by atoms with Crippen LogP contribution in [0.1, 0.15) is 15.9 Å². The SMILES string of the molecule is COc1c(I)cc(CC[NH3+])cc1I.O=C([O-])c1ccccc1. The van der Waals surface area contributed by atoms with Crippen LogP contribution in [0.3, 0.4) is 0 Å². The maximum absolute atomic E-state index is 10.1. The van der Waals surface area contributed by atoms with E-state index in [-0.39, 0.29) is 5.56 Å². The molecule has 118 valence electrons. The molecule has 0 amide bonds. The molecule has 0 atom stereocenters. The molecule has 0 unspecified atom stereocenters. The molecule has 0 fully saturated rings. The van der Waals surface area contributed by atoms with Crippen LogP contribution >= 0.6 is 45.2 Å². The molecule has 0 aliphatic rings. The van der Waals surface area contributed by atoms with E-state index in [0.29, 0.717) is 0 Å². The van der Waals surface area contributed by atoms with E-state index in [0.717, 1.165) is 18.7 Å². The molecule has 0 spiro atoms. The van der Waals surface area contributed by atoms with Gasteiger partial charge in [-0.15, -0.1) is 0 Å². The molecule has 0 saturated heterocycles. The first-order chi connectivity index (χ1) is 10.5. The lowest BCUT2D eigenvalue weighted by atomic mass is 10.1. The molecule has 0 saturated carbocycles. The Kier molecular flexibility index (Phi) is 8.72. The third kappa shape index (κ3) is 6.09. The Morgan fingerprint density at radius 3 is 2.09 bits per heavy atom. The maximum atomic E-state index is 10.1. The van der Waals surface area contributed by atoms with Crippen molar-refractivity contribution in [1.29, 1.82) is 0 Å². The van der Waals surface area contributed by atoms with Crippen LogP contribution in [0, 0.1) is 7.14 Å². The highest BCUT2D eigenvalue weighted by atomic mass is 127. The molecule has 2 aromatic carbocycles. The van der Waals surface area contributed by atoms with Crippen molar-refractivity contribution in [3.8, 4) is 5.75 Å². The van der Waals surface area contributed by atoms with Gasteiger partial charge in [-0.3, -0.25) is 0 Å². The summed E-state index contributed by atoms with van der Waals surface area (Å²) >= 11 is 4.60. The summed E-state index contributed by atoms with van der Waals surface area (Å²) in [6, 6.07) is 12.4. The van der Waals surface area contributed by atoms with E-state index in [9.17, 15) is 9.90 Å². The van der Waals surface area contributed by atoms with Crippen LogP contribution < -0.4 is 15.6 Å². The fourth-order valence-electron chi connectivity index (χ4n) is 1.73. The fraction of sp³-hybridized carbons (Fsp3) is 0.188. The zero-order valence-corrected chi connectivity index (χ0v) is 16.5. The number of carboxylic acid groups (broad SMARTS) is 1. The Morgan fingerprint density at radius 2 is 1.73 bits per heavy atom. The van der Waals surface area contributed by atoms with Gasteiger partial charge >= 0.3 is 0 Å². The zero-order valence-electron chi connectivity index (χ0n) is 12.1. The Labute approximate surface area is 157 Å². The number of carbonyl (C=O) groups excluding carboxylic acids is 1. The third-order valence-electron chi connectivity index (χ3n) is 2.74. The number of quaternary nitrogens is 1. The van der Waals surface area contributed by atoms with E-state index in [1.165, 1.54) is 24.8 Å². The number of ether oxygens (including phenoxy) is 1. The molecule has 4 nitrogen and oxygen atoms in total. The van der Waals surface area contributed by atoms with Gasteiger partial charge in [0.2, 0.25) is 0 Å². The van der Waals surface area contributed by atoms with Crippen LogP contribution in [-0.4, -0.2) is 19.6 Å². The second-order valence-electron chi connectivity index (χ2n) is 4.35. The van der Waals surface area contributed by atoms with Crippen LogP contribution in [0.15, 0.2) is 42.5 Å². The molecule has 2 rings (SSSR count). The molecule has 0 aliphatic carbocycles. The first-order valence-corrected chi connectivity index (χ1v) is 8.73. The predicted molar refractivity (Wildman–Crippen MR) is 101 cm³/mol. The van der Waals surface area contributed by atoms with Crippen LogP contribution in [0.2, 0.25) is 0 Å². The van der Waals surface area contributed by atoms with Gasteiger partial charge in [0, 0.05) is 6.42 Å². The number of halogens is 2. The van der Waals surface area contributed by atoms with Crippen LogP contribution in [0.4, 0.5) is 0 Å². The van der Waals surface area contributed by atoms with E-state index in [2.05, 4.69) is 63.0 Å². The van der Waals surface area contributed by atoms with Gasteiger partial charge in [0.05, 0.1) is 26.8 Å². The highest BCUT2D eigenvalue weighted by Crippen LogP contribution is 2.28. The normalized spacial score (nSPS) is 9.64. The second kappa shape index (κ2) is 10.0. The molecular formula is C16H17I2NO3. The van der Waals surface area contributed by atoms with Crippen LogP contribution in [0.5, 0.6) is 5.75 Å². The summed E-state index contributed by atoms with van der Waals surface area (Å²) in [4.78, 5) is 10.1. The largest absolute Gasteiger partial charge is 0.545 e. The molecule has 0 aromatic heterocycles. The first kappa shape index (κ1) is 19.2. The third-order valence-corrected chi connectivity index (χ3v) is 4.34. The Morgan fingerprint density at radius 1 is 1.18 bits per heavy atom. The molecule has 3 N–H and O–H groups in total. The standard InChI is InChI=1S/C9H11I2NO.C7H6O2/c1-13-9-7(10)4-6(2-3-12)5-8(9)11;8-7(9)6-4-2-1-3-5-6/h4-5H,2-3,12H2,1H3;1-5H,(H,8,9). The number of carbonyl (C=O) groups is 1. The quantitative estimate of drug-likeness (QED) is 0.619. The summed E-state index contributed by atoms with van der Waals surface area (Å²) in [7, 11) is 1.71. The minimum atomic E-state index is -1.13. The van der Waals surface area contributed by atoms with Gasteiger partial charge in [0.25, 0.3) is 0 Å². The van der Waals surface area contributed by atoms with Crippen molar-refractivity contribution in [2.24, 2.45) is 0 Å². The monoisotopic (exact) mass is 525 g/mol. The Bertz CT molecular complexity index is 595. The molecule has 6 heteroatoms. The molecule has 0 heterocycles. The number of carboxylic acids is 1. The van der Waals surface area contributed by atoms with Gasteiger partial charge in [-0.1, -0.05) is 30.3 Å². The summed E-state index contributed by atoms with van der Waals surface area (Å²) in [5.74, 6) is -0.149. The summed E-state index contributed by atoms with van der Waals surface area (Å²) in [5.41, 5.74) is 5.40. The van der Waals surface area contributed by atoms with Crippen molar-refractivity contribution in [3.63, 3.8) is 0 Å². The summed E-state index contributed by atoms with van der Waals surface area (Å²) in [6.45, 7) is 0.943. The zero-order chi connectivity index (χ0) is 16.5. The van der Waals surface area contributed by atoms with Crippen LogP contribution in [0.25, 0.3) is 0 Å². The highest BCUT2D eigenvalue weighted by Gasteiger charge is 2.07. The molecule has 0 bridgehead atoms. The van der Waals surface area contributed by atoms with Gasteiger partial charge in [-0.25, -0.2) is 0 Å². The van der Waals surface area contributed by atoms with Crippen molar-refractivity contribution in [3.05, 3.63) is 60.7 Å². The summed E-state index contributed by atoms with van der Waals surface area (Å²) < 4.78 is 7.63. The van der Waals surface area contributed by atoms with Gasteiger partial charge in [-0.2, -0.15) is 0 Å². The lowest BCUT2D eigenvalue weighted by molar-refractivity contribution is -0.366. The van der Waals surface area contributed by atoms with Gasteiger partial charge in [0.15, 0.2) is 0 Å². The number of hydrogen-bond donors (Lipinski definition) is 1. The smallest absolute Gasteiger partial charge is 0.145 e. The molecule has 2 aromatic rings. The number of methoxy groups -OCH3 is 1. The first-order valence-electron chi connectivity index (χ1n) is 6.57. The average molecular weight is 525 g/mol. The van der Waals surface area contributed by atoms with E-state index < -0.39 is 5.97 Å². The van der Waals surface area contributed by atoms with Crippen molar-refractivity contribution < 1.29 is 20.4 Å². The lowest BCUT2D eigenvalue weighted by Gasteiger charge is -2.07. The van der Waals surface area contributed by atoms with E-state index in [1.807, 2.05) is 0 Å². The van der Waals surface area contributed by atoms with E-state index in [1.54, 1.807) is 25.3 Å². The van der Waals surface area contributed by atoms with E-state index >= 15 is 0 Å². The molecule has 0 aliphatic heterocycles. The fourth-order valence-corrected chi connectivity index (χ4v) is 4.07. The topological polar surface area (TPSA) is 77.0 Å². The molecule has 22 heavy (non-hydrogen) atoms. The van der Waals surface area contributed by atoms with Crippen molar-refractivity contribution in [2.75, 3.05) is 13.7 Å². The van der Waals surface area contributed by atoms with Gasteiger partial charge in [-0.05, 0) is 68.4 Å². The maximum Gasteiger partial charge on any atom is 0.145 e. The minimum absolute atomic E-state index is 0.220. The molecular weight excluding hydrogens is 508 g/mol. The Hall–Kier alpha value is -0.870. The highest BCUT2D eigenvalue weighted by molar-refractivity contribution is 14.1. The summed E-state index contributed by atoms with van der Waals surface area (Å²) in [6.07, 6.45) is 1.04. The number of benzene rings is 2. The van der Waals surface area contributed by atoms with Crippen molar-refractivity contribution in [1.82, 2.24) is 0 Å². The number of hydrogen-bond acceptors (Lipinski definition) is 3. The Balaban J connectivity index is 0.000000235. The second-order valence-corrected chi connectivity index (χ2v) is 6.67. The lowest BCUT2D eigenvalue weighted by Crippen LogP contribution is -2.51. The van der Waals surface area contributed by atoms with Crippen molar-refractivity contribution >= 4 is 51.2 Å². The van der Waals surface area contributed by atoms with E-state index in [4.69, 9.17) is 4.74 Å².